The number of fused-ring (bicyclic) bond motifs is 1. The van der Waals surface area contributed by atoms with Crippen LogP contribution in [0.25, 0.3) is 0 Å². The fourth-order valence-corrected chi connectivity index (χ4v) is 2.01. The van der Waals surface area contributed by atoms with Crippen LogP contribution in [0, 0.1) is 0 Å². The predicted molar refractivity (Wildman–Crippen MR) is 59.6 cm³/mol. The molecule has 1 atom stereocenters. The highest BCUT2D eigenvalue weighted by Gasteiger charge is 2.30. The molecule has 4 nitrogen and oxygen atoms in total. The average molecular weight is 216 g/mol. The molecule has 1 heterocycles. The van der Waals surface area contributed by atoms with Gasteiger partial charge in [-0.2, -0.15) is 0 Å². The Hall–Kier alpha value is -1.62. The molecule has 0 unspecified atom stereocenters. The highest BCUT2D eigenvalue weighted by Crippen LogP contribution is 2.22. The molecule has 0 aliphatic carbocycles. The highest BCUT2D eigenvalue weighted by atomic mass is 16.4. The van der Waals surface area contributed by atoms with Crippen LogP contribution in [0.2, 0.25) is 0 Å². The zero-order valence-electron chi connectivity index (χ0n) is 8.67. The minimum Gasteiger partial charge on any atom is -0.480 e. The Morgan fingerprint density at radius 2 is 2.12 bits per heavy atom. The molecule has 0 bridgehead atoms. The number of rotatable bonds is 3. The normalized spacial score (nSPS) is 19.9. The van der Waals surface area contributed by atoms with Crippen molar-refractivity contribution in [2.75, 3.05) is 0 Å². The molecule has 1 N–H and O–H groups in total. The molecule has 0 saturated carbocycles. The maximum Gasteiger partial charge on any atom is 0.320 e. The van der Waals surface area contributed by atoms with Gasteiger partial charge in [-0.05, 0) is 17.5 Å². The van der Waals surface area contributed by atoms with Crippen molar-refractivity contribution in [2.24, 2.45) is 0 Å². The van der Waals surface area contributed by atoms with Gasteiger partial charge in [0.2, 0.25) is 0 Å². The summed E-state index contributed by atoms with van der Waals surface area (Å²) in [7, 11) is 1.30. The van der Waals surface area contributed by atoms with Gasteiger partial charge in [-0.1, -0.05) is 24.3 Å². The summed E-state index contributed by atoms with van der Waals surface area (Å²) < 4.78 is 0. The standard InChI is InChI=1S/C11H11BNO3/c14-7-12-13-6-9-4-2-1-3-8(9)5-10(13)11(15)16/h1-4,7,10H,5-6H2,(H,15,16)/t10-/m0/s1. The van der Waals surface area contributed by atoms with Gasteiger partial charge < -0.3 is 14.7 Å². The van der Waals surface area contributed by atoms with Crippen LogP contribution in [0.1, 0.15) is 11.1 Å². The van der Waals surface area contributed by atoms with E-state index in [1.54, 1.807) is 4.81 Å². The first-order valence-electron chi connectivity index (χ1n) is 5.06. The second-order valence-corrected chi connectivity index (χ2v) is 3.78. The molecule has 16 heavy (non-hydrogen) atoms. The van der Waals surface area contributed by atoms with E-state index in [2.05, 4.69) is 0 Å². The van der Waals surface area contributed by atoms with Gasteiger partial charge in [0.1, 0.15) is 6.04 Å². The van der Waals surface area contributed by atoms with Crippen molar-refractivity contribution in [1.29, 1.82) is 0 Å². The molecular formula is C11H11BNO3. The average Bonchev–Trinajstić information content (AvgIpc) is 2.28. The van der Waals surface area contributed by atoms with E-state index in [1.165, 1.54) is 7.41 Å². The number of carboxylic acid groups (broad SMARTS) is 1. The van der Waals surface area contributed by atoms with Crippen molar-refractivity contribution in [3.8, 4) is 0 Å². The third-order valence-corrected chi connectivity index (χ3v) is 2.82. The van der Waals surface area contributed by atoms with Crippen LogP contribution in [0.4, 0.5) is 0 Å². The van der Waals surface area contributed by atoms with Gasteiger partial charge in [-0.25, -0.2) is 0 Å². The van der Waals surface area contributed by atoms with Crippen molar-refractivity contribution in [3.63, 3.8) is 0 Å². The van der Waals surface area contributed by atoms with Gasteiger partial charge in [0, 0.05) is 6.54 Å². The summed E-state index contributed by atoms with van der Waals surface area (Å²) in [6.07, 6.45) is 1.07. The van der Waals surface area contributed by atoms with Crippen LogP contribution in [-0.4, -0.2) is 35.5 Å². The van der Waals surface area contributed by atoms with E-state index in [0.717, 1.165) is 11.1 Å². The lowest BCUT2D eigenvalue weighted by Crippen LogP contribution is -2.47. The third kappa shape index (κ3) is 1.99. The van der Waals surface area contributed by atoms with Crippen LogP contribution >= 0.6 is 0 Å². The summed E-state index contributed by atoms with van der Waals surface area (Å²) in [5, 5.41) is 9.08. The zero-order valence-corrected chi connectivity index (χ0v) is 8.67. The summed E-state index contributed by atoms with van der Waals surface area (Å²) in [6, 6.07) is 7.07. The summed E-state index contributed by atoms with van der Waals surface area (Å²) in [4.78, 5) is 23.1. The lowest BCUT2D eigenvalue weighted by atomic mass is 9.84. The van der Waals surface area contributed by atoms with Crippen molar-refractivity contribution < 1.29 is 14.7 Å². The van der Waals surface area contributed by atoms with Crippen molar-refractivity contribution in [1.82, 2.24) is 4.81 Å². The Balaban J connectivity index is 2.29. The van der Waals surface area contributed by atoms with Crippen LogP contribution in [0.3, 0.4) is 0 Å². The number of carbonyl (C=O) groups excluding carboxylic acids is 1. The second-order valence-electron chi connectivity index (χ2n) is 3.78. The molecule has 1 radical (unpaired) electrons. The molecule has 0 aromatic heterocycles. The van der Waals surface area contributed by atoms with E-state index >= 15 is 0 Å². The Bertz CT molecular complexity index is 421. The number of aliphatic carboxylic acids is 1. The monoisotopic (exact) mass is 216 g/mol. The number of hydrogen-bond donors (Lipinski definition) is 1. The molecule has 0 amide bonds. The first-order valence-corrected chi connectivity index (χ1v) is 5.06. The van der Waals surface area contributed by atoms with Gasteiger partial charge >= 0.3 is 5.97 Å². The quantitative estimate of drug-likeness (QED) is 0.583. The lowest BCUT2D eigenvalue weighted by Gasteiger charge is -2.32. The Labute approximate surface area is 94.1 Å². The molecule has 0 spiro atoms. The first-order chi connectivity index (χ1) is 7.72. The van der Waals surface area contributed by atoms with Gasteiger partial charge in [0.05, 0.1) is 6.19 Å². The number of carbonyl (C=O) groups is 2. The number of carboxylic acids is 1. The second kappa shape index (κ2) is 4.49. The smallest absolute Gasteiger partial charge is 0.320 e. The fraction of sp³-hybridized carbons (Fsp3) is 0.273. The largest absolute Gasteiger partial charge is 0.480 e. The zero-order chi connectivity index (χ0) is 11.5. The molecule has 1 aromatic carbocycles. The summed E-state index contributed by atoms with van der Waals surface area (Å²) in [5.41, 5.74) is 2.13. The van der Waals surface area contributed by atoms with Crippen LogP contribution in [-0.2, 0) is 22.6 Å². The third-order valence-electron chi connectivity index (χ3n) is 2.82. The van der Waals surface area contributed by atoms with E-state index in [4.69, 9.17) is 5.11 Å². The molecular weight excluding hydrogens is 205 g/mol. The maximum atomic E-state index is 11.1. The van der Waals surface area contributed by atoms with Crippen molar-refractivity contribution in [3.05, 3.63) is 35.4 Å². The van der Waals surface area contributed by atoms with Gasteiger partial charge in [0.15, 0.2) is 0 Å². The van der Waals surface area contributed by atoms with E-state index in [9.17, 15) is 9.59 Å². The predicted octanol–water partition coefficient (Wildman–Crippen LogP) is 0.307. The maximum absolute atomic E-state index is 11.1. The van der Waals surface area contributed by atoms with E-state index in [0.29, 0.717) is 19.2 Å². The number of hydrogen-bond acceptors (Lipinski definition) is 3. The molecule has 0 fully saturated rings. The highest BCUT2D eigenvalue weighted by molar-refractivity contribution is 6.64. The summed E-state index contributed by atoms with van der Waals surface area (Å²) >= 11 is 0. The molecule has 2 rings (SSSR count). The summed E-state index contributed by atoms with van der Waals surface area (Å²) in [6.45, 7) is 0.478. The van der Waals surface area contributed by atoms with E-state index < -0.39 is 12.0 Å². The van der Waals surface area contributed by atoms with Gasteiger partial charge in [-0.3, -0.25) is 4.79 Å². The SMILES string of the molecule is O=C[B]N1Cc2ccccc2C[C@H]1C(=O)O. The minimum absolute atomic E-state index is 0.440. The van der Waals surface area contributed by atoms with Crippen molar-refractivity contribution >= 4 is 19.6 Å². The molecule has 1 aliphatic rings. The van der Waals surface area contributed by atoms with Crippen LogP contribution in [0.15, 0.2) is 24.3 Å². The fourth-order valence-electron chi connectivity index (χ4n) is 2.01. The van der Waals surface area contributed by atoms with Crippen LogP contribution < -0.4 is 0 Å². The topological polar surface area (TPSA) is 57.6 Å². The Morgan fingerprint density at radius 1 is 1.44 bits per heavy atom. The van der Waals surface area contributed by atoms with Gasteiger partial charge in [-0.15, -0.1) is 0 Å². The van der Waals surface area contributed by atoms with E-state index in [-0.39, 0.29) is 0 Å². The summed E-state index contributed by atoms with van der Waals surface area (Å²) in [5.74, 6) is -0.896. The van der Waals surface area contributed by atoms with Crippen LogP contribution in [0.5, 0.6) is 0 Å². The van der Waals surface area contributed by atoms with E-state index in [1.807, 2.05) is 24.3 Å². The number of nitrogens with zero attached hydrogens (tertiary/aromatic N) is 1. The minimum atomic E-state index is -0.896. The Morgan fingerprint density at radius 3 is 2.75 bits per heavy atom. The van der Waals surface area contributed by atoms with Crippen molar-refractivity contribution in [2.45, 2.75) is 19.0 Å². The molecule has 5 heteroatoms. The molecule has 0 saturated heterocycles. The molecule has 1 aliphatic heterocycles. The first kappa shape index (κ1) is 10.9. The molecule has 1 aromatic rings. The molecule has 81 valence electrons. The van der Waals surface area contributed by atoms with Gasteiger partial charge in [0.25, 0.3) is 7.41 Å². The number of benzene rings is 1. The Kier molecular flexibility index (Phi) is 3.06. The lowest BCUT2D eigenvalue weighted by molar-refractivity contribution is -0.141.